The van der Waals surface area contributed by atoms with Gasteiger partial charge in [0.15, 0.2) is 4.34 Å². The van der Waals surface area contributed by atoms with Crippen LogP contribution in [0.1, 0.15) is 98.5 Å². The highest BCUT2D eigenvalue weighted by Gasteiger charge is 2.32. The van der Waals surface area contributed by atoms with E-state index in [9.17, 15) is 9.90 Å². The SMILES string of the molecule is CCCCCCCCC(Oc1ccc(C(C)(C)CC(C)(C)C)cc1)C(Sc1nc2ccccc2s1)C(=O)O. The maximum absolute atomic E-state index is 12.5. The molecule has 1 aromatic heterocycles. The quantitative estimate of drug-likeness (QED) is 0.149. The van der Waals surface area contributed by atoms with Gasteiger partial charge in [-0.2, -0.15) is 0 Å². The number of benzene rings is 2. The third-order valence-corrected chi connectivity index (χ3v) is 9.24. The van der Waals surface area contributed by atoms with Crippen LogP contribution in [0.3, 0.4) is 0 Å². The number of carboxylic acid groups (broad SMARTS) is 1. The first-order valence-corrected chi connectivity index (χ1v) is 15.7. The van der Waals surface area contributed by atoms with Gasteiger partial charge in [0, 0.05) is 0 Å². The first-order valence-electron chi connectivity index (χ1n) is 14.0. The topological polar surface area (TPSA) is 59.4 Å². The minimum atomic E-state index is -0.854. The number of para-hydroxylation sites is 1. The number of carboxylic acids is 1. The summed E-state index contributed by atoms with van der Waals surface area (Å²) in [7, 11) is 0. The normalized spacial score (nSPS) is 13.9. The van der Waals surface area contributed by atoms with E-state index in [2.05, 4.69) is 58.7 Å². The van der Waals surface area contributed by atoms with Gasteiger partial charge in [-0.3, -0.25) is 4.79 Å². The number of nitrogens with zero attached hydrogens (tertiary/aromatic N) is 1. The Labute approximate surface area is 237 Å². The van der Waals surface area contributed by atoms with Gasteiger partial charge in [0.1, 0.15) is 17.1 Å². The summed E-state index contributed by atoms with van der Waals surface area (Å²) in [4.78, 5) is 17.2. The molecule has 0 amide bonds. The molecule has 2 aromatic carbocycles. The van der Waals surface area contributed by atoms with Gasteiger partial charge in [-0.1, -0.05) is 110 Å². The molecule has 0 saturated carbocycles. The number of unbranched alkanes of at least 4 members (excludes halogenated alkanes) is 5. The lowest BCUT2D eigenvalue weighted by Gasteiger charge is -2.33. The molecule has 2 atom stereocenters. The molecule has 3 rings (SSSR count). The standard InChI is InChI=1S/C32H45NO3S2/c1-7-8-9-10-11-12-16-26(28(29(34)35)38-30-33-25-15-13-14-17-27(25)37-30)36-24-20-18-23(19-21-24)32(5,6)22-31(2,3)4/h13-15,17-21,26,28H,7-12,16,22H2,1-6H3,(H,34,35). The predicted octanol–water partition coefficient (Wildman–Crippen LogP) is 9.75. The second-order valence-electron chi connectivity index (χ2n) is 12.2. The average molecular weight is 556 g/mol. The molecule has 1 heterocycles. The van der Waals surface area contributed by atoms with E-state index in [4.69, 9.17) is 4.74 Å². The Morgan fingerprint density at radius 3 is 2.26 bits per heavy atom. The van der Waals surface area contributed by atoms with Crippen LogP contribution in [-0.2, 0) is 10.2 Å². The minimum Gasteiger partial charge on any atom is -0.489 e. The van der Waals surface area contributed by atoms with Crippen molar-refractivity contribution < 1.29 is 14.6 Å². The Kier molecular flexibility index (Phi) is 11.1. The van der Waals surface area contributed by atoms with Crippen molar-refractivity contribution in [2.75, 3.05) is 0 Å². The molecule has 0 aliphatic heterocycles. The second kappa shape index (κ2) is 13.8. The molecule has 0 saturated heterocycles. The number of aromatic nitrogens is 1. The molecule has 0 spiro atoms. The largest absolute Gasteiger partial charge is 0.489 e. The van der Waals surface area contributed by atoms with Gasteiger partial charge >= 0.3 is 5.97 Å². The van der Waals surface area contributed by atoms with Crippen LogP contribution in [0.15, 0.2) is 52.9 Å². The van der Waals surface area contributed by atoms with Gasteiger partial charge in [-0.25, -0.2) is 4.98 Å². The Balaban J connectivity index is 1.77. The third-order valence-electron chi connectivity index (χ3n) is 6.82. The Hall–Kier alpha value is -2.05. The molecule has 6 heteroatoms. The highest BCUT2D eigenvalue weighted by Crippen LogP contribution is 2.38. The van der Waals surface area contributed by atoms with Gasteiger partial charge in [0.25, 0.3) is 0 Å². The summed E-state index contributed by atoms with van der Waals surface area (Å²) in [6.07, 6.45) is 8.27. The van der Waals surface area contributed by atoms with Crippen molar-refractivity contribution in [1.82, 2.24) is 4.98 Å². The molecule has 0 aliphatic carbocycles. The molecule has 1 N–H and O–H groups in total. The van der Waals surface area contributed by atoms with E-state index in [-0.39, 0.29) is 10.8 Å². The van der Waals surface area contributed by atoms with Crippen molar-refractivity contribution in [1.29, 1.82) is 0 Å². The number of fused-ring (bicyclic) bond motifs is 1. The Morgan fingerprint density at radius 2 is 1.63 bits per heavy atom. The van der Waals surface area contributed by atoms with Gasteiger partial charge in [-0.05, 0) is 59.9 Å². The van der Waals surface area contributed by atoms with Crippen LogP contribution in [-0.4, -0.2) is 27.4 Å². The molecule has 38 heavy (non-hydrogen) atoms. The van der Waals surface area contributed by atoms with Crippen molar-refractivity contribution in [2.45, 2.75) is 114 Å². The summed E-state index contributed by atoms with van der Waals surface area (Å²) in [6, 6.07) is 16.2. The number of thiazole rings is 1. The van der Waals surface area contributed by atoms with Crippen LogP contribution in [0.25, 0.3) is 10.2 Å². The molecule has 0 aliphatic rings. The fourth-order valence-corrected chi connectivity index (χ4v) is 7.56. The lowest BCUT2D eigenvalue weighted by atomic mass is 9.72. The molecular formula is C32H45NO3S2. The second-order valence-corrected chi connectivity index (χ2v) is 14.6. The number of hydrogen-bond donors (Lipinski definition) is 1. The van der Waals surface area contributed by atoms with Gasteiger partial charge in [-0.15, -0.1) is 11.3 Å². The van der Waals surface area contributed by atoms with Crippen molar-refractivity contribution in [2.24, 2.45) is 5.41 Å². The summed E-state index contributed by atoms with van der Waals surface area (Å²) in [5, 5.41) is 9.53. The van der Waals surface area contributed by atoms with Gasteiger partial charge < -0.3 is 9.84 Å². The Bertz CT molecular complexity index is 1110. The van der Waals surface area contributed by atoms with Crippen LogP contribution < -0.4 is 4.74 Å². The zero-order valence-electron chi connectivity index (χ0n) is 24.0. The van der Waals surface area contributed by atoms with Crippen molar-refractivity contribution in [3.05, 3.63) is 54.1 Å². The first-order chi connectivity index (χ1) is 18.0. The molecule has 2 unspecified atom stereocenters. The lowest BCUT2D eigenvalue weighted by Crippen LogP contribution is -2.36. The summed E-state index contributed by atoms with van der Waals surface area (Å²) < 4.78 is 8.30. The van der Waals surface area contributed by atoms with E-state index in [1.54, 1.807) is 11.3 Å². The smallest absolute Gasteiger partial charge is 0.320 e. The fourth-order valence-electron chi connectivity index (χ4n) is 5.28. The highest BCUT2D eigenvalue weighted by molar-refractivity contribution is 8.02. The molecule has 0 radical (unpaired) electrons. The van der Waals surface area contributed by atoms with Crippen molar-refractivity contribution in [3.63, 3.8) is 0 Å². The third kappa shape index (κ3) is 9.30. The average Bonchev–Trinajstić information content (AvgIpc) is 3.25. The van der Waals surface area contributed by atoms with Crippen LogP contribution >= 0.6 is 23.1 Å². The zero-order valence-corrected chi connectivity index (χ0v) is 25.6. The lowest BCUT2D eigenvalue weighted by molar-refractivity contribution is -0.138. The number of thioether (sulfide) groups is 1. The van der Waals surface area contributed by atoms with Gasteiger partial charge in [0.05, 0.1) is 10.2 Å². The summed E-state index contributed by atoms with van der Waals surface area (Å²) in [5.41, 5.74) is 2.45. The van der Waals surface area contributed by atoms with E-state index < -0.39 is 17.3 Å². The van der Waals surface area contributed by atoms with Crippen molar-refractivity contribution in [3.8, 4) is 5.75 Å². The zero-order chi connectivity index (χ0) is 27.8. The Morgan fingerprint density at radius 1 is 0.974 bits per heavy atom. The number of ether oxygens (including phenoxy) is 1. The van der Waals surface area contributed by atoms with E-state index in [1.807, 2.05) is 36.4 Å². The monoisotopic (exact) mass is 555 g/mol. The summed E-state index contributed by atoms with van der Waals surface area (Å²) in [5.74, 6) is -0.124. The molecular weight excluding hydrogens is 510 g/mol. The molecule has 0 bridgehead atoms. The van der Waals surface area contributed by atoms with Crippen LogP contribution in [0, 0.1) is 5.41 Å². The van der Waals surface area contributed by atoms with E-state index in [0.29, 0.717) is 6.42 Å². The molecule has 3 aromatic rings. The van der Waals surface area contributed by atoms with Crippen LogP contribution in [0.2, 0.25) is 0 Å². The molecule has 208 valence electrons. The fraction of sp³-hybridized carbons (Fsp3) is 0.562. The molecule has 4 nitrogen and oxygen atoms in total. The highest BCUT2D eigenvalue weighted by atomic mass is 32.2. The number of carbonyl (C=O) groups is 1. The van der Waals surface area contributed by atoms with E-state index >= 15 is 0 Å². The minimum absolute atomic E-state index is 0.0426. The molecule has 0 fully saturated rings. The predicted molar refractivity (Wildman–Crippen MR) is 163 cm³/mol. The van der Waals surface area contributed by atoms with Crippen LogP contribution in [0.4, 0.5) is 0 Å². The number of hydrogen-bond acceptors (Lipinski definition) is 5. The van der Waals surface area contributed by atoms with E-state index in [1.165, 1.54) is 43.0 Å². The number of aliphatic carboxylic acids is 1. The first kappa shape index (κ1) is 30.5. The summed E-state index contributed by atoms with van der Waals surface area (Å²) >= 11 is 2.86. The van der Waals surface area contributed by atoms with Crippen LogP contribution in [0.5, 0.6) is 5.75 Å². The number of rotatable bonds is 15. The maximum Gasteiger partial charge on any atom is 0.320 e. The van der Waals surface area contributed by atoms with Gasteiger partial charge in [0.2, 0.25) is 0 Å². The van der Waals surface area contributed by atoms with E-state index in [0.717, 1.165) is 39.6 Å². The summed E-state index contributed by atoms with van der Waals surface area (Å²) in [6.45, 7) is 13.6. The van der Waals surface area contributed by atoms with Crippen molar-refractivity contribution >= 4 is 39.3 Å². The maximum atomic E-state index is 12.5.